The Morgan fingerprint density at radius 1 is 1.18 bits per heavy atom. The molecule has 3 N–H and O–H groups in total. The van der Waals surface area contributed by atoms with E-state index in [9.17, 15) is 13.2 Å². The molecule has 0 amide bonds. The number of hydrogen-bond donors (Lipinski definition) is 2. The van der Waals surface area contributed by atoms with Gasteiger partial charge in [-0.25, -0.2) is 0 Å². The molecule has 3 nitrogen and oxygen atoms in total. The van der Waals surface area contributed by atoms with Crippen LogP contribution in [0.4, 0.5) is 13.2 Å². The van der Waals surface area contributed by atoms with E-state index in [1.165, 1.54) is 0 Å². The van der Waals surface area contributed by atoms with Crippen molar-refractivity contribution in [2.45, 2.75) is 57.3 Å². The molecule has 0 heterocycles. The predicted octanol–water partition coefficient (Wildman–Crippen LogP) is 2.28. The van der Waals surface area contributed by atoms with Crippen molar-refractivity contribution in [2.24, 2.45) is 5.84 Å². The molecule has 1 atom stereocenters. The van der Waals surface area contributed by atoms with Gasteiger partial charge in [0.1, 0.15) is 0 Å². The maximum absolute atomic E-state index is 12.3. The molecule has 0 saturated carbocycles. The molecular formula is C11H24F3N3. The molecule has 6 heteroatoms. The minimum absolute atomic E-state index is 0.000139. The summed E-state index contributed by atoms with van der Waals surface area (Å²) in [7, 11) is 3.76. The first-order valence-corrected chi connectivity index (χ1v) is 5.93. The van der Waals surface area contributed by atoms with Gasteiger partial charge in [0.05, 0.1) is 0 Å². The third-order valence-corrected chi connectivity index (χ3v) is 3.68. The van der Waals surface area contributed by atoms with E-state index in [1.54, 1.807) is 0 Å². The third-order valence-electron chi connectivity index (χ3n) is 3.68. The van der Waals surface area contributed by atoms with Gasteiger partial charge >= 0.3 is 6.18 Å². The SMILES string of the molecule is CCC(CC)(C(CCC(F)(F)F)NN)N(C)C. The van der Waals surface area contributed by atoms with Crippen molar-refractivity contribution in [3.63, 3.8) is 0 Å². The smallest absolute Gasteiger partial charge is 0.302 e. The van der Waals surface area contributed by atoms with Crippen LogP contribution in [0.15, 0.2) is 0 Å². The highest BCUT2D eigenvalue weighted by Crippen LogP contribution is 2.31. The number of halogens is 3. The fraction of sp³-hybridized carbons (Fsp3) is 1.00. The first-order chi connectivity index (χ1) is 7.73. The highest BCUT2D eigenvalue weighted by Gasteiger charge is 2.39. The molecule has 0 aliphatic rings. The molecule has 0 rings (SSSR count). The Labute approximate surface area is 102 Å². The Bertz CT molecular complexity index is 212. The van der Waals surface area contributed by atoms with Crippen LogP contribution in [0.3, 0.4) is 0 Å². The monoisotopic (exact) mass is 255 g/mol. The largest absolute Gasteiger partial charge is 0.389 e. The van der Waals surface area contributed by atoms with Gasteiger partial charge in [-0.1, -0.05) is 13.8 Å². The number of nitrogens with one attached hydrogen (secondary N) is 1. The first-order valence-electron chi connectivity index (χ1n) is 5.93. The maximum Gasteiger partial charge on any atom is 0.389 e. The van der Waals surface area contributed by atoms with E-state index in [2.05, 4.69) is 5.43 Å². The van der Waals surface area contributed by atoms with Crippen molar-refractivity contribution < 1.29 is 13.2 Å². The Hall–Kier alpha value is -0.330. The summed E-state index contributed by atoms with van der Waals surface area (Å²) in [6, 6.07) is -0.367. The standard InChI is InChI=1S/C11H24F3N3/c1-5-10(6-2,17(3)4)9(16-15)7-8-11(12,13)14/h9,16H,5-8,15H2,1-4H3. The Kier molecular flexibility index (Phi) is 6.43. The van der Waals surface area contributed by atoms with Crippen molar-refractivity contribution in [1.82, 2.24) is 10.3 Å². The van der Waals surface area contributed by atoms with Gasteiger partial charge in [0.25, 0.3) is 0 Å². The highest BCUT2D eigenvalue weighted by molar-refractivity contribution is 4.96. The molecule has 1 unspecified atom stereocenters. The van der Waals surface area contributed by atoms with Gasteiger partial charge in [-0.2, -0.15) is 13.2 Å². The average Bonchev–Trinajstić information content (AvgIpc) is 2.22. The topological polar surface area (TPSA) is 41.3 Å². The van der Waals surface area contributed by atoms with Crippen LogP contribution in [-0.4, -0.2) is 36.8 Å². The maximum atomic E-state index is 12.3. The van der Waals surface area contributed by atoms with Crippen LogP contribution in [-0.2, 0) is 0 Å². The minimum atomic E-state index is -4.13. The molecular weight excluding hydrogens is 231 g/mol. The second kappa shape index (κ2) is 6.56. The second-order valence-electron chi connectivity index (χ2n) is 4.58. The number of rotatable bonds is 7. The van der Waals surface area contributed by atoms with E-state index in [1.807, 2.05) is 32.8 Å². The van der Waals surface area contributed by atoms with Crippen LogP contribution >= 0.6 is 0 Å². The molecule has 0 aromatic heterocycles. The van der Waals surface area contributed by atoms with E-state index < -0.39 is 12.6 Å². The molecule has 0 aromatic rings. The van der Waals surface area contributed by atoms with E-state index in [0.29, 0.717) is 0 Å². The summed E-state index contributed by atoms with van der Waals surface area (Å²) in [4.78, 5) is 1.97. The fourth-order valence-corrected chi connectivity index (χ4v) is 2.50. The molecule has 17 heavy (non-hydrogen) atoms. The summed E-state index contributed by atoms with van der Waals surface area (Å²) in [5.74, 6) is 5.43. The first kappa shape index (κ1) is 16.7. The Morgan fingerprint density at radius 2 is 1.65 bits per heavy atom. The number of likely N-dealkylation sites (N-methyl/N-ethyl adjacent to an activating group) is 1. The fourth-order valence-electron chi connectivity index (χ4n) is 2.50. The van der Waals surface area contributed by atoms with E-state index in [0.717, 1.165) is 12.8 Å². The van der Waals surface area contributed by atoms with E-state index in [4.69, 9.17) is 5.84 Å². The average molecular weight is 255 g/mol. The quantitative estimate of drug-likeness (QED) is 0.541. The van der Waals surface area contributed by atoms with Crippen LogP contribution in [0.2, 0.25) is 0 Å². The molecule has 0 bridgehead atoms. The number of hydrogen-bond acceptors (Lipinski definition) is 3. The van der Waals surface area contributed by atoms with Gasteiger partial charge in [-0.05, 0) is 33.4 Å². The molecule has 0 fully saturated rings. The summed E-state index contributed by atoms with van der Waals surface area (Å²) >= 11 is 0. The Balaban J connectivity index is 4.80. The molecule has 0 aromatic carbocycles. The second-order valence-corrected chi connectivity index (χ2v) is 4.58. The van der Waals surface area contributed by atoms with Crippen molar-refractivity contribution >= 4 is 0 Å². The van der Waals surface area contributed by atoms with E-state index >= 15 is 0 Å². The van der Waals surface area contributed by atoms with Crippen LogP contribution in [0.25, 0.3) is 0 Å². The van der Waals surface area contributed by atoms with Gasteiger partial charge < -0.3 is 4.90 Å². The van der Waals surface area contributed by atoms with Crippen molar-refractivity contribution in [2.75, 3.05) is 14.1 Å². The molecule has 0 radical (unpaired) electrons. The summed E-state index contributed by atoms with van der Waals surface area (Å²) < 4.78 is 36.8. The van der Waals surface area contributed by atoms with Crippen LogP contribution in [0.1, 0.15) is 39.5 Å². The lowest BCUT2D eigenvalue weighted by Gasteiger charge is -2.45. The van der Waals surface area contributed by atoms with Crippen LogP contribution < -0.4 is 11.3 Å². The predicted molar refractivity (Wildman–Crippen MR) is 63.4 cm³/mol. The normalized spacial score (nSPS) is 15.4. The number of nitrogens with two attached hydrogens (primary N) is 1. The summed E-state index contributed by atoms with van der Waals surface area (Å²) in [6.45, 7) is 3.95. The lowest BCUT2D eigenvalue weighted by atomic mass is 9.81. The van der Waals surface area contributed by atoms with Crippen molar-refractivity contribution in [3.8, 4) is 0 Å². The summed E-state index contributed by atoms with van der Waals surface area (Å²) in [6.07, 6.45) is -3.43. The van der Waals surface area contributed by atoms with E-state index in [-0.39, 0.29) is 18.0 Å². The van der Waals surface area contributed by atoms with Crippen LogP contribution in [0, 0.1) is 0 Å². The lowest BCUT2D eigenvalue weighted by Crippen LogP contribution is -2.60. The van der Waals surface area contributed by atoms with Crippen LogP contribution in [0.5, 0.6) is 0 Å². The number of hydrazine groups is 1. The van der Waals surface area contributed by atoms with Gasteiger partial charge in [0.15, 0.2) is 0 Å². The third kappa shape index (κ3) is 4.44. The molecule has 0 saturated heterocycles. The minimum Gasteiger partial charge on any atom is -0.302 e. The number of nitrogens with zero attached hydrogens (tertiary/aromatic N) is 1. The molecule has 104 valence electrons. The molecule has 0 aliphatic carbocycles. The zero-order chi connectivity index (χ0) is 13.7. The zero-order valence-corrected chi connectivity index (χ0v) is 11.1. The van der Waals surface area contributed by atoms with Gasteiger partial charge in [-0.3, -0.25) is 11.3 Å². The molecule has 0 spiro atoms. The number of alkyl halides is 3. The Morgan fingerprint density at radius 3 is 1.88 bits per heavy atom. The zero-order valence-electron chi connectivity index (χ0n) is 11.1. The molecule has 0 aliphatic heterocycles. The highest BCUT2D eigenvalue weighted by atomic mass is 19.4. The van der Waals surface area contributed by atoms with Gasteiger partial charge in [-0.15, -0.1) is 0 Å². The summed E-state index contributed by atoms with van der Waals surface area (Å²) in [5, 5.41) is 0. The lowest BCUT2D eigenvalue weighted by molar-refractivity contribution is -0.138. The summed E-state index contributed by atoms with van der Waals surface area (Å²) in [5.41, 5.74) is 2.22. The van der Waals surface area contributed by atoms with Crippen molar-refractivity contribution in [3.05, 3.63) is 0 Å². The van der Waals surface area contributed by atoms with Gasteiger partial charge in [0, 0.05) is 18.0 Å². The van der Waals surface area contributed by atoms with Crippen molar-refractivity contribution in [1.29, 1.82) is 0 Å². The van der Waals surface area contributed by atoms with Gasteiger partial charge in [0.2, 0.25) is 0 Å².